The van der Waals surface area contributed by atoms with Crippen LogP contribution in [0.1, 0.15) is 35.2 Å². The maximum absolute atomic E-state index is 11.9. The number of hydrogen-bond acceptors (Lipinski definition) is 3. The van der Waals surface area contributed by atoms with Gasteiger partial charge in [-0.3, -0.25) is 10.2 Å². The summed E-state index contributed by atoms with van der Waals surface area (Å²) in [5.74, 6) is -0.0320. The van der Waals surface area contributed by atoms with Crippen molar-refractivity contribution in [3.63, 3.8) is 0 Å². The lowest BCUT2D eigenvalue weighted by Crippen LogP contribution is -2.45. The van der Waals surface area contributed by atoms with Gasteiger partial charge in [-0.2, -0.15) is 0 Å². The van der Waals surface area contributed by atoms with Crippen molar-refractivity contribution in [3.8, 4) is 0 Å². The van der Waals surface area contributed by atoms with Crippen molar-refractivity contribution in [1.29, 1.82) is 0 Å². The largest absolute Gasteiger partial charge is 0.326 e. The first kappa shape index (κ1) is 12.1. The second-order valence-electron chi connectivity index (χ2n) is 4.39. The van der Waals surface area contributed by atoms with Crippen LogP contribution in [0.25, 0.3) is 0 Å². The fourth-order valence-electron chi connectivity index (χ4n) is 2.01. The molecule has 2 rings (SSSR count). The molecule has 4 heteroatoms. The molecule has 1 amide bonds. The molecule has 1 aliphatic heterocycles. The van der Waals surface area contributed by atoms with Crippen LogP contribution in [0.3, 0.4) is 0 Å². The Morgan fingerprint density at radius 1 is 1.18 bits per heavy atom. The van der Waals surface area contributed by atoms with Crippen LogP contribution in [0.5, 0.6) is 0 Å². The fraction of sp³-hybridized carbons (Fsp3) is 0.462. The first-order valence-electron chi connectivity index (χ1n) is 6.14. The van der Waals surface area contributed by atoms with E-state index in [9.17, 15) is 4.79 Å². The molecule has 17 heavy (non-hydrogen) atoms. The van der Waals surface area contributed by atoms with E-state index < -0.39 is 0 Å². The quantitative estimate of drug-likeness (QED) is 0.826. The van der Waals surface area contributed by atoms with E-state index in [2.05, 4.69) is 5.43 Å². The average Bonchev–Trinajstić information content (AvgIpc) is 2.40. The smallest absolute Gasteiger partial charge is 0.265 e. The predicted molar refractivity (Wildman–Crippen MR) is 67.2 cm³/mol. The van der Waals surface area contributed by atoms with Gasteiger partial charge in [0.05, 0.1) is 0 Å². The highest BCUT2D eigenvalue weighted by Crippen LogP contribution is 2.08. The molecular weight excluding hydrogens is 214 g/mol. The summed E-state index contributed by atoms with van der Waals surface area (Å²) in [4.78, 5) is 11.9. The predicted octanol–water partition coefficient (Wildman–Crippen LogP) is 1.28. The standard InChI is InChI=1S/C13H19N3O/c14-10-11-4-6-12(7-5-11)13(17)15-16-8-2-1-3-9-16/h4-7H,1-3,8-10,14H2,(H,15,17). The third kappa shape index (κ3) is 3.28. The van der Waals surface area contributed by atoms with Crippen molar-refractivity contribution >= 4 is 5.91 Å². The minimum Gasteiger partial charge on any atom is -0.326 e. The van der Waals surface area contributed by atoms with Crippen molar-refractivity contribution in [3.05, 3.63) is 35.4 Å². The van der Waals surface area contributed by atoms with Crippen LogP contribution in [0.2, 0.25) is 0 Å². The first-order valence-corrected chi connectivity index (χ1v) is 6.14. The number of nitrogens with two attached hydrogens (primary N) is 1. The number of amides is 1. The van der Waals surface area contributed by atoms with Crippen molar-refractivity contribution in [2.75, 3.05) is 13.1 Å². The van der Waals surface area contributed by atoms with Gasteiger partial charge in [-0.15, -0.1) is 0 Å². The number of benzene rings is 1. The van der Waals surface area contributed by atoms with Crippen LogP contribution in [-0.2, 0) is 6.54 Å². The van der Waals surface area contributed by atoms with E-state index in [1.165, 1.54) is 6.42 Å². The van der Waals surface area contributed by atoms with Gasteiger partial charge in [0, 0.05) is 25.2 Å². The molecule has 0 unspecified atom stereocenters. The molecule has 0 aliphatic carbocycles. The van der Waals surface area contributed by atoms with Gasteiger partial charge in [0.2, 0.25) is 0 Å². The van der Waals surface area contributed by atoms with E-state index in [-0.39, 0.29) is 5.91 Å². The topological polar surface area (TPSA) is 58.4 Å². The maximum atomic E-state index is 11.9. The molecule has 1 fully saturated rings. The summed E-state index contributed by atoms with van der Waals surface area (Å²) in [7, 11) is 0. The number of hydrogen-bond donors (Lipinski definition) is 2. The summed E-state index contributed by atoms with van der Waals surface area (Å²) in [6.45, 7) is 2.41. The van der Waals surface area contributed by atoms with Crippen LogP contribution in [-0.4, -0.2) is 24.0 Å². The van der Waals surface area contributed by atoms with Gasteiger partial charge < -0.3 is 5.73 Å². The van der Waals surface area contributed by atoms with Crippen LogP contribution in [0.15, 0.2) is 24.3 Å². The molecule has 3 N–H and O–H groups in total. The Balaban J connectivity index is 1.93. The number of piperidine rings is 1. The minimum absolute atomic E-state index is 0.0320. The Hall–Kier alpha value is -1.39. The van der Waals surface area contributed by atoms with Gasteiger partial charge in [-0.05, 0) is 30.5 Å². The van der Waals surface area contributed by atoms with E-state index in [1.807, 2.05) is 29.3 Å². The number of hydrazine groups is 1. The number of carbonyl (C=O) groups excluding carboxylic acids is 1. The van der Waals surface area contributed by atoms with Gasteiger partial charge in [0.15, 0.2) is 0 Å². The molecule has 1 heterocycles. The normalized spacial score (nSPS) is 16.8. The third-order valence-electron chi connectivity index (χ3n) is 3.07. The fourth-order valence-corrected chi connectivity index (χ4v) is 2.01. The Morgan fingerprint density at radius 2 is 1.82 bits per heavy atom. The summed E-state index contributed by atoms with van der Waals surface area (Å²) in [6, 6.07) is 7.43. The highest BCUT2D eigenvalue weighted by molar-refractivity contribution is 5.93. The van der Waals surface area contributed by atoms with E-state index in [4.69, 9.17) is 5.73 Å². The first-order chi connectivity index (χ1) is 8.29. The molecule has 0 radical (unpaired) electrons. The van der Waals surface area contributed by atoms with Crippen molar-refractivity contribution in [2.24, 2.45) is 5.73 Å². The number of carbonyl (C=O) groups is 1. The molecule has 1 saturated heterocycles. The van der Waals surface area contributed by atoms with Gasteiger partial charge >= 0.3 is 0 Å². The van der Waals surface area contributed by atoms with Crippen LogP contribution < -0.4 is 11.2 Å². The molecule has 0 spiro atoms. The zero-order valence-electron chi connectivity index (χ0n) is 9.98. The third-order valence-corrected chi connectivity index (χ3v) is 3.07. The SMILES string of the molecule is NCc1ccc(C(=O)NN2CCCCC2)cc1. The molecule has 1 aromatic carbocycles. The highest BCUT2D eigenvalue weighted by Gasteiger charge is 2.13. The zero-order chi connectivity index (χ0) is 12.1. The Labute approximate surface area is 102 Å². The van der Waals surface area contributed by atoms with Gasteiger partial charge in [-0.1, -0.05) is 18.6 Å². The maximum Gasteiger partial charge on any atom is 0.265 e. The summed E-state index contributed by atoms with van der Waals surface area (Å²) < 4.78 is 0. The lowest BCUT2D eigenvalue weighted by molar-refractivity contribution is 0.0750. The summed E-state index contributed by atoms with van der Waals surface area (Å²) in [5.41, 5.74) is 10.2. The molecular formula is C13H19N3O. The van der Waals surface area contributed by atoms with Crippen LogP contribution in [0.4, 0.5) is 0 Å². The van der Waals surface area contributed by atoms with E-state index in [0.29, 0.717) is 12.1 Å². The molecule has 0 atom stereocenters. The minimum atomic E-state index is -0.0320. The van der Waals surface area contributed by atoms with Crippen LogP contribution in [0, 0.1) is 0 Å². The summed E-state index contributed by atoms with van der Waals surface area (Å²) in [6.07, 6.45) is 3.58. The number of nitrogens with one attached hydrogen (secondary N) is 1. The van der Waals surface area contributed by atoms with E-state index >= 15 is 0 Å². The van der Waals surface area contributed by atoms with Gasteiger partial charge in [0.25, 0.3) is 5.91 Å². The number of rotatable bonds is 3. The summed E-state index contributed by atoms with van der Waals surface area (Å²) in [5, 5.41) is 2.00. The Kier molecular flexibility index (Phi) is 4.12. The molecule has 0 bridgehead atoms. The van der Waals surface area contributed by atoms with E-state index in [0.717, 1.165) is 31.5 Å². The van der Waals surface area contributed by atoms with Crippen LogP contribution >= 0.6 is 0 Å². The molecule has 1 aliphatic rings. The van der Waals surface area contributed by atoms with Crippen molar-refractivity contribution < 1.29 is 4.79 Å². The van der Waals surface area contributed by atoms with Crippen molar-refractivity contribution in [1.82, 2.24) is 10.4 Å². The number of nitrogens with zero attached hydrogens (tertiary/aromatic N) is 1. The highest BCUT2D eigenvalue weighted by atomic mass is 16.2. The zero-order valence-corrected chi connectivity index (χ0v) is 9.98. The molecule has 92 valence electrons. The summed E-state index contributed by atoms with van der Waals surface area (Å²) >= 11 is 0. The molecule has 0 aromatic heterocycles. The molecule has 4 nitrogen and oxygen atoms in total. The monoisotopic (exact) mass is 233 g/mol. The lowest BCUT2D eigenvalue weighted by Gasteiger charge is -2.26. The van der Waals surface area contributed by atoms with E-state index in [1.54, 1.807) is 0 Å². The molecule has 0 saturated carbocycles. The lowest BCUT2D eigenvalue weighted by atomic mass is 10.1. The van der Waals surface area contributed by atoms with Gasteiger partial charge in [0.1, 0.15) is 0 Å². The Morgan fingerprint density at radius 3 is 2.41 bits per heavy atom. The second-order valence-corrected chi connectivity index (χ2v) is 4.39. The van der Waals surface area contributed by atoms with Gasteiger partial charge in [-0.25, -0.2) is 5.01 Å². The second kappa shape index (κ2) is 5.80. The Bertz CT molecular complexity index is 369. The molecule has 1 aromatic rings. The van der Waals surface area contributed by atoms with Crippen molar-refractivity contribution in [2.45, 2.75) is 25.8 Å². The average molecular weight is 233 g/mol.